The lowest BCUT2D eigenvalue weighted by atomic mass is 10.0. The van der Waals surface area contributed by atoms with E-state index in [4.69, 9.17) is 10.9 Å². The van der Waals surface area contributed by atoms with Gasteiger partial charge in [0.15, 0.2) is 1.41 Å². The molecule has 4 atom stereocenters. The highest BCUT2D eigenvalue weighted by molar-refractivity contribution is 5.89. The van der Waals surface area contributed by atoms with Gasteiger partial charge in [0.05, 0.1) is 24.0 Å². The number of H-pyrrole nitrogens is 1. The quantitative estimate of drug-likeness (QED) is 0.290. The molecule has 0 spiro atoms. The first-order valence-corrected chi connectivity index (χ1v) is 8.89. The van der Waals surface area contributed by atoms with Crippen LogP contribution in [0.1, 0.15) is 5.56 Å². The summed E-state index contributed by atoms with van der Waals surface area (Å²) in [5.74, 6) is 0.419. The molecule has 154 valence electrons. The third-order valence-corrected chi connectivity index (χ3v) is 4.74. The van der Waals surface area contributed by atoms with E-state index in [1.165, 1.54) is 18.4 Å². The van der Waals surface area contributed by atoms with E-state index in [9.17, 15) is 24.9 Å². The fraction of sp³-hybridized carbons (Fsp3) is 0.300. The maximum absolute atomic E-state index is 12.6. The van der Waals surface area contributed by atoms with Gasteiger partial charge >= 0.3 is 0 Å². The number of pyridine rings is 1. The molecule has 6 N–H and O–H groups in total. The highest BCUT2D eigenvalue weighted by Gasteiger charge is 2.31. The number of nitrogens with one attached hydrogen (secondary N) is 2. The molecule has 0 fully saturated rings. The predicted octanol–water partition coefficient (Wildman–Crippen LogP) is 0.151. The molecule has 1 aromatic carbocycles. The zero-order valence-corrected chi connectivity index (χ0v) is 15.5. The first-order valence-electron chi connectivity index (χ1n) is 9.33. The van der Waals surface area contributed by atoms with Gasteiger partial charge in [0.2, 0.25) is 0 Å². The molecule has 3 aromatic rings. The summed E-state index contributed by atoms with van der Waals surface area (Å²) in [5.41, 5.74) is 1.21. The van der Waals surface area contributed by atoms with Gasteiger partial charge in [-0.25, -0.2) is 0 Å². The van der Waals surface area contributed by atoms with Crippen LogP contribution in [-0.2, 0) is 4.79 Å². The number of aryl methyl sites for hydroxylation is 1. The standard InChI is InChI=1S/C20H22N2O7/c1-10-12-5-4-11(21-14(8-23)18(26)19(27)15(25)9-24)7-13(12)22-20(28)17(10)16-3-2-6-29-16/h2-8,14-15,18-19,21,24-27H,9H2,1H3,(H,22,28)/t14-,15+,18+,19+/m0/s1/i/hD. The van der Waals surface area contributed by atoms with Gasteiger partial charge in [-0.3, -0.25) is 4.79 Å². The van der Waals surface area contributed by atoms with Crippen molar-refractivity contribution in [3.8, 4) is 11.3 Å². The zero-order valence-electron chi connectivity index (χ0n) is 16.5. The number of rotatable bonds is 8. The second kappa shape index (κ2) is 8.58. The number of carbonyl (C=O) groups excluding carboxylic acids is 1. The molecule has 0 amide bonds. The molecule has 0 bridgehead atoms. The van der Waals surface area contributed by atoms with Crippen LogP contribution in [0.2, 0.25) is 1.41 Å². The second-order valence-corrected chi connectivity index (χ2v) is 6.65. The number of aliphatic hydroxyl groups excluding tert-OH is 4. The normalized spacial score (nSPS) is 16.1. The van der Waals surface area contributed by atoms with Gasteiger partial charge in [0.25, 0.3) is 5.56 Å². The maximum atomic E-state index is 12.6. The Hall–Kier alpha value is -2.98. The van der Waals surface area contributed by atoms with E-state index in [-0.39, 0.29) is 12.0 Å². The van der Waals surface area contributed by atoms with Crippen molar-refractivity contribution in [3.05, 3.63) is 52.5 Å². The maximum Gasteiger partial charge on any atom is 0.259 e. The smallest absolute Gasteiger partial charge is 0.259 e. The molecule has 0 saturated heterocycles. The number of hydrogen-bond acceptors (Lipinski definition) is 8. The number of anilines is 1. The topological polar surface area (TPSA) is 156 Å². The fourth-order valence-corrected chi connectivity index (χ4v) is 3.15. The predicted molar refractivity (Wildman–Crippen MR) is 106 cm³/mol. The van der Waals surface area contributed by atoms with Gasteiger partial charge in [-0.15, -0.1) is 0 Å². The van der Waals surface area contributed by atoms with Crippen molar-refractivity contribution in [3.63, 3.8) is 0 Å². The summed E-state index contributed by atoms with van der Waals surface area (Å²) in [7, 11) is 0. The first-order chi connectivity index (χ1) is 14.3. The Bertz CT molecular complexity index is 1080. The van der Waals surface area contributed by atoms with Gasteiger partial charge in [0.1, 0.15) is 36.4 Å². The van der Waals surface area contributed by atoms with Crippen molar-refractivity contribution in [2.75, 3.05) is 11.9 Å². The van der Waals surface area contributed by atoms with Crippen LogP contribution in [0.5, 0.6) is 0 Å². The Kier molecular flexibility index (Phi) is 5.72. The van der Waals surface area contributed by atoms with E-state index in [0.717, 1.165) is 0 Å². The van der Waals surface area contributed by atoms with E-state index in [2.05, 4.69) is 4.98 Å². The third kappa shape index (κ3) is 4.08. The lowest BCUT2D eigenvalue weighted by molar-refractivity contribution is -0.117. The van der Waals surface area contributed by atoms with Gasteiger partial charge < -0.3 is 39.9 Å². The van der Waals surface area contributed by atoms with Crippen molar-refractivity contribution in [2.45, 2.75) is 31.3 Å². The monoisotopic (exact) mass is 403 g/mol. The average molecular weight is 403 g/mol. The summed E-state index contributed by atoms with van der Waals surface area (Å²) in [6.07, 6.45) is -3.63. The fourth-order valence-electron chi connectivity index (χ4n) is 3.15. The Balaban J connectivity index is 1.99. The molecule has 0 saturated carbocycles. The van der Waals surface area contributed by atoms with E-state index in [1.54, 1.807) is 25.1 Å². The highest BCUT2D eigenvalue weighted by atomic mass is 16.4. The number of aromatic amines is 1. The van der Waals surface area contributed by atoms with Crippen molar-refractivity contribution in [2.24, 2.45) is 0 Å². The van der Waals surface area contributed by atoms with Crippen LogP contribution in [0, 0.1) is 6.92 Å². The molecule has 3 rings (SSSR count). The number of fused-ring (bicyclic) bond motifs is 1. The first kappa shape index (κ1) is 19.3. The van der Waals surface area contributed by atoms with Crippen LogP contribution in [0.25, 0.3) is 22.2 Å². The molecule has 9 nitrogen and oxygen atoms in total. The number of aldehydes is 1. The Morgan fingerprint density at radius 1 is 1.28 bits per heavy atom. The van der Waals surface area contributed by atoms with Crippen LogP contribution in [0.4, 0.5) is 5.69 Å². The number of aliphatic hydroxyl groups is 4. The zero-order chi connectivity index (χ0) is 22.0. The molecule has 2 aromatic heterocycles. The molecule has 0 aliphatic heterocycles. The summed E-state index contributed by atoms with van der Waals surface area (Å²) in [6.45, 7) is 0.939. The van der Waals surface area contributed by atoms with Crippen molar-refractivity contribution < 1.29 is 31.0 Å². The molecular formula is C20H22N2O7. The third-order valence-electron chi connectivity index (χ3n) is 4.74. The summed E-state index contributed by atoms with van der Waals surface area (Å²) in [6, 6.07) is 6.44. The van der Waals surface area contributed by atoms with Crippen molar-refractivity contribution in [1.29, 1.82) is 0 Å². The van der Waals surface area contributed by atoms with E-state index in [0.29, 0.717) is 33.1 Å². The SMILES string of the molecule is [2H]N(c1ccc2c(C)c(-c3ccco3)c(=O)[nH]c2c1)[C@@H](C=O)[C@@H](O)[C@H](O)[C@H](O)CO. The second-order valence-electron chi connectivity index (χ2n) is 6.65. The number of hydrogen-bond donors (Lipinski definition) is 6. The van der Waals surface area contributed by atoms with Gasteiger partial charge in [-0.1, -0.05) is 6.07 Å². The minimum absolute atomic E-state index is 0.158. The van der Waals surface area contributed by atoms with Crippen LogP contribution >= 0.6 is 0 Å². The van der Waals surface area contributed by atoms with E-state index in [1.807, 2.05) is 0 Å². The Labute approximate surface area is 166 Å². The van der Waals surface area contributed by atoms with E-state index >= 15 is 0 Å². The Morgan fingerprint density at radius 2 is 2.03 bits per heavy atom. The molecule has 0 aliphatic rings. The number of furan rings is 1. The highest BCUT2D eigenvalue weighted by Crippen LogP contribution is 2.27. The van der Waals surface area contributed by atoms with Gasteiger partial charge in [-0.2, -0.15) is 0 Å². The number of carbonyl (C=O) groups is 1. The Morgan fingerprint density at radius 3 is 2.66 bits per heavy atom. The van der Waals surface area contributed by atoms with Gasteiger partial charge in [-0.05, 0) is 36.8 Å². The number of aromatic nitrogens is 1. The van der Waals surface area contributed by atoms with Crippen LogP contribution in [0.15, 0.2) is 45.8 Å². The van der Waals surface area contributed by atoms with Crippen molar-refractivity contribution >= 4 is 22.9 Å². The number of benzene rings is 1. The van der Waals surface area contributed by atoms with Crippen molar-refractivity contribution in [1.82, 2.24) is 4.98 Å². The lowest BCUT2D eigenvalue weighted by Crippen LogP contribution is -2.49. The summed E-state index contributed by atoms with van der Waals surface area (Å²) >= 11 is 0. The molecule has 0 unspecified atom stereocenters. The van der Waals surface area contributed by atoms with Crippen LogP contribution < -0.4 is 10.9 Å². The molecule has 9 heteroatoms. The van der Waals surface area contributed by atoms with Gasteiger partial charge in [0, 0.05) is 11.1 Å². The molecule has 29 heavy (non-hydrogen) atoms. The largest absolute Gasteiger partial charge is 0.464 e. The minimum atomic E-state index is -1.84. The molecular weight excluding hydrogens is 380 g/mol. The average Bonchev–Trinajstić information content (AvgIpc) is 3.26. The van der Waals surface area contributed by atoms with Crippen LogP contribution in [-0.4, -0.2) is 62.7 Å². The summed E-state index contributed by atoms with van der Waals surface area (Å²) < 4.78 is 13.5. The molecule has 0 aliphatic carbocycles. The molecule has 2 heterocycles. The van der Waals surface area contributed by atoms with E-state index < -0.39 is 36.5 Å². The summed E-state index contributed by atoms with van der Waals surface area (Å²) in [4.78, 5) is 26.8. The summed E-state index contributed by atoms with van der Waals surface area (Å²) in [5, 5.41) is 39.8. The lowest BCUT2D eigenvalue weighted by Gasteiger charge is -2.27. The minimum Gasteiger partial charge on any atom is -0.464 e. The van der Waals surface area contributed by atoms with Crippen LogP contribution in [0.3, 0.4) is 0 Å². The molecule has 0 radical (unpaired) electrons.